The van der Waals surface area contributed by atoms with Crippen LogP contribution in [0.15, 0.2) is 12.1 Å². The average Bonchev–Trinajstić information content (AvgIpc) is 2.45. The summed E-state index contributed by atoms with van der Waals surface area (Å²) in [4.78, 5) is 13.3. The Kier molecular flexibility index (Phi) is 1.84. The first-order valence-electron chi connectivity index (χ1n) is 4.06. The summed E-state index contributed by atoms with van der Waals surface area (Å²) >= 11 is 0. The first-order chi connectivity index (χ1) is 6.63. The number of aldehydes is 1. The Morgan fingerprint density at radius 3 is 2.57 bits per heavy atom. The minimum atomic E-state index is -0.920. The van der Waals surface area contributed by atoms with Crippen molar-refractivity contribution in [3.05, 3.63) is 35.0 Å². The van der Waals surface area contributed by atoms with Gasteiger partial charge >= 0.3 is 0 Å². The number of carbonyl (C=O) groups is 1. The number of aromatic amines is 1. The lowest BCUT2D eigenvalue weighted by molar-refractivity contribution is 0.111. The summed E-state index contributed by atoms with van der Waals surface area (Å²) in [6.07, 6.45) is 0.630. The zero-order chi connectivity index (χ0) is 10.3. The normalized spacial score (nSPS) is 10.8. The third-order valence-electron chi connectivity index (χ3n) is 2.26. The van der Waals surface area contributed by atoms with Crippen LogP contribution in [0.1, 0.15) is 16.1 Å². The number of hydrogen-bond donors (Lipinski definition) is 1. The highest BCUT2D eigenvalue weighted by atomic mass is 19.2. The van der Waals surface area contributed by atoms with Gasteiger partial charge in [-0.15, -0.1) is 0 Å². The highest BCUT2D eigenvalue weighted by Gasteiger charge is 2.10. The van der Waals surface area contributed by atoms with Crippen LogP contribution < -0.4 is 0 Å². The number of benzene rings is 1. The Hall–Kier alpha value is -1.71. The quantitative estimate of drug-likeness (QED) is 0.697. The fourth-order valence-electron chi connectivity index (χ4n) is 1.46. The molecule has 2 nitrogen and oxygen atoms in total. The predicted molar refractivity (Wildman–Crippen MR) is 48.3 cm³/mol. The largest absolute Gasteiger partial charge is 0.352 e. The number of halogens is 2. The van der Waals surface area contributed by atoms with E-state index in [4.69, 9.17) is 0 Å². The Morgan fingerprint density at radius 1 is 1.29 bits per heavy atom. The summed E-state index contributed by atoms with van der Waals surface area (Å²) in [5.74, 6) is -1.83. The highest BCUT2D eigenvalue weighted by Crippen LogP contribution is 2.23. The van der Waals surface area contributed by atoms with Gasteiger partial charge in [-0.05, 0) is 18.6 Å². The van der Waals surface area contributed by atoms with Crippen molar-refractivity contribution in [3.8, 4) is 0 Å². The third-order valence-corrected chi connectivity index (χ3v) is 2.26. The monoisotopic (exact) mass is 195 g/mol. The van der Waals surface area contributed by atoms with E-state index in [1.54, 1.807) is 6.92 Å². The van der Waals surface area contributed by atoms with E-state index in [9.17, 15) is 13.6 Å². The number of hydrogen-bond acceptors (Lipinski definition) is 1. The van der Waals surface area contributed by atoms with Gasteiger partial charge in [0.1, 0.15) is 0 Å². The van der Waals surface area contributed by atoms with Crippen LogP contribution in [0.3, 0.4) is 0 Å². The molecule has 0 aliphatic rings. The topological polar surface area (TPSA) is 32.9 Å². The summed E-state index contributed by atoms with van der Waals surface area (Å²) in [7, 11) is 0. The molecule has 0 radical (unpaired) electrons. The van der Waals surface area contributed by atoms with E-state index in [0.717, 1.165) is 12.1 Å². The minimum Gasteiger partial charge on any atom is -0.352 e. The highest BCUT2D eigenvalue weighted by molar-refractivity contribution is 5.92. The van der Waals surface area contributed by atoms with Gasteiger partial charge in [0.15, 0.2) is 17.9 Å². The summed E-state index contributed by atoms with van der Waals surface area (Å²) in [6, 6.07) is 2.13. The molecule has 0 aliphatic heterocycles. The molecule has 1 aromatic carbocycles. The van der Waals surface area contributed by atoms with Crippen molar-refractivity contribution >= 4 is 17.2 Å². The lowest BCUT2D eigenvalue weighted by Crippen LogP contribution is -1.82. The molecule has 2 rings (SSSR count). The van der Waals surface area contributed by atoms with Gasteiger partial charge in [-0.25, -0.2) is 8.78 Å². The molecule has 0 atom stereocenters. The predicted octanol–water partition coefficient (Wildman–Crippen LogP) is 2.57. The van der Waals surface area contributed by atoms with Crippen molar-refractivity contribution in [2.24, 2.45) is 0 Å². The van der Waals surface area contributed by atoms with Crippen LogP contribution in [0.4, 0.5) is 8.78 Å². The van der Waals surface area contributed by atoms with Gasteiger partial charge in [-0.1, -0.05) is 0 Å². The molecular formula is C10H7F2NO. The molecule has 72 valence electrons. The van der Waals surface area contributed by atoms with E-state index in [2.05, 4.69) is 4.98 Å². The molecule has 0 saturated heterocycles. The average molecular weight is 195 g/mol. The Labute approximate surface area is 78.5 Å². The Balaban J connectivity index is 2.86. The standard InChI is InChI=1S/C10H7F2NO/c1-5-6-2-7(11)8(12)3-9(6)13-10(5)4-14/h2-4,13H,1H3. The summed E-state index contributed by atoms with van der Waals surface area (Å²) in [6.45, 7) is 1.68. The van der Waals surface area contributed by atoms with Crippen LogP contribution >= 0.6 is 0 Å². The molecule has 0 aliphatic carbocycles. The van der Waals surface area contributed by atoms with Crippen LogP contribution in [0.25, 0.3) is 10.9 Å². The number of H-pyrrole nitrogens is 1. The van der Waals surface area contributed by atoms with Crippen molar-refractivity contribution in [2.75, 3.05) is 0 Å². The molecule has 1 N–H and O–H groups in total. The number of fused-ring (bicyclic) bond motifs is 1. The van der Waals surface area contributed by atoms with Crippen LogP contribution in [0, 0.1) is 18.6 Å². The molecule has 0 spiro atoms. The fourth-order valence-corrected chi connectivity index (χ4v) is 1.46. The van der Waals surface area contributed by atoms with Gasteiger partial charge in [0, 0.05) is 17.0 Å². The van der Waals surface area contributed by atoms with Gasteiger partial charge in [-0.3, -0.25) is 4.79 Å². The Bertz CT molecular complexity index is 516. The van der Waals surface area contributed by atoms with Gasteiger partial charge < -0.3 is 4.98 Å². The van der Waals surface area contributed by atoms with Crippen molar-refractivity contribution in [1.82, 2.24) is 4.98 Å². The SMILES string of the molecule is Cc1c(C=O)[nH]c2cc(F)c(F)cc12. The zero-order valence-corrected chi connectivity index (χ0v) is 7.40. The van der Waals surface area contributed by atoms with Crippen LogP contribution in [0.2, 0.25) is 0 Å². The first kappa shape index (κ1) is 8.87. The smallest absolute Gasteiger partial charge is 0.166 e. The minimum absolute atomic E-state index is 0.352. The van der Waals surface area contributed by atoms with Crippen molar-refractivity contribution in [3.63, 3.8) is 0 Å². The number of rotatable bonds is 1. The van der Waals surface area contributed by atoms with E-state index >= 15 is 0 Å². The molecule has 0 unspecified atom stereocenters. The van der Waals surface area contributed by atoms with E-state index in [0.29, 0.717) is 28.4 Å². The van der Waals surface area contributed by atoms with Crippen molar-refractivity contribution < 1.29 is 13.6 Å². The third kappa shape index (κ3) is 1.11. The van der Waals surface area contributed by atoms with Gasteiger partial charge in [0.25, 0.3) is 0 Å². The summed E-state index contributed by atoms with van der Waals surface area (Å²) < 4.78 is 25.7. The number of nitrogens with one attached hydrogen (secondary N) is 1. The zero-order valence-electron chi connectivity index (χ0n) is 7.40. The number of aromatic nitrogens is 1. The van der Waals surface area contributed by atoms with E-state index < -0.39 is 11.6 Å². The molecule has 0 bridgehead atoms. The maximum atomic E-state index is 12.9. The molecule has 4 heteroatoms. The summed E-state index contributed by atoms with van der Waals surface area (Å²) in [5, 5.41) is 0.533. The maximum Gasteiger partial charge on any atom is 0.166 e. The van der Waals surface area contributed by atoms with Gasteiger partial charge in [0.05, 0.1) is 5.69 Å². The Morgan fingerprint density at radius 2 is 1.93 bits per heavy atom. The van der Waals surface area contributed by atoms with Gasteiger partial charge in [0.2, 0.25) is 0 Å². The molecule has 2 aromatic rings. The number of aryl methyl sites for hydroxylation is 1. The second-order valence-electron chi connectivity index (χ2n) is 3.09. The van der Waals surface area contributed by atoms with Crippen molar-refractivity contribution in [1.29, 1.82) is 0 Å². The van der Waals surface area contributed by atoms with Crippen LogP contribution in [0.5, 0.6) is 0 Å². The van der Waals surface area contributed by atoms with E-state index in [-0.39, 0.29) is 0 Å². The van der Waals surface area contributed by atoms with E-state index in [1.807, 2.05) is 0 Å². The lowest BCUT2D eigenvalue weighted by Gasteiger charge is -1.93. The number of carbonyl (C=O) groups excluding carboxylic acids is 1. The van der Waals surface area contributed by atoms with E-state index in [1.165, 1.54) is 0 Å². The second kappa shape index (κ2) is 2.90. The second-order valence-corrected chi connectivity index (χ2v) is 3.09. The van der Waals surface area contributed by atoms with Crippen molar-refractivity contribution in [2.45, 2.75) is 6.92 Å². The molecule has 0 saturated carbocycles. The molecule has 0 fully saturated rings. The summed E-state index contributed by atoms with van der Waals surface area (Å²) in [5.41, 5.74) is 1.42. The lowest BCUT2D eigenvalue weighted by atomic mass is 10.1. The molecule has 0 amide bonds. The molecular weight excluding hydrogens is 188 g/mol. The first-order valence-corrected chi connectivity index (χ1v) is 4.06. The molecule has 1 aromatic heterocycles. The maximum absolute atomic E-state index is 12.9. The molecule has 14 heavy (non-hydrogen) atoms. The van der Waals surface area contributed by atoms with Crippen LogP contribution in [-0.2, 0) is 0 Å². The van der Waals surface area contributed by atoms with Crippen LogP contribution in [-0.4, -0.2) is 11.3 Å². The fraction of sp³-hybridized carbons (Fsp3) is 0.100. The van der Waals surface area contributed by atoms with Gasteiger partial charge in [-0.2, -0.15) is 0 Å². The molecule has 1 heterocycles.